The first-order valence-corrected chi connectivity index (χ1v) is 9.48. The van der Waals surface area contributed by atoms with Crippen LogP contribution >= 0.6 is 22.7 Å². The fourth-order valence-corrected chi connectivity index (χ4v) is 6.05. The highest BCUT2D eigenvalue weighted by Crippen LogP contribution is 2.45. The standard InChI is InChI=1S/C22H14S2/c1-3-17-19(4-2)23-22-18-11-15-9-13-7-5-6-8-14(13)10-16(15)12-20(18)24-21(17)22/h3-12H,1-2H2. The summed E-state index contributed by atoms with van der Waals surface area (Å²) in [6, 6.07) is 17.8. The molecule has 0 bridgehead atoms. The van der Waals surface area contributed by atoms with Crippen molar-refractivity contribution in [1.82, 2.24) is 0 Å². The van der Waals surface area contributed by atoms with Gasteiger partial charge < -0.3 is 0 Å². The molecule has 0 aliphatic carbocycles. The molecule has 2 heteroatoms. The molecule has 0 amide bonds. The van der Waals surface area contributed by atoms with E-state index in [1.54, 1.807) is 0 Å². The van der Waals surface area contributed by atoms with Crippen molar-refractivity contribution in [2.75, 3.05) is 0 Å². The normalized spacial score (nSPS) is 11.7. The van der Waals surface area contributed by atoms with Crippen LogP contribution in [0.2, 0.25) is 0 Å². The van der Waals surface area contributed by atoms with Crippen LogP contribution < -0.4 is 0 Å². The van der Waals surface area contributed by atoms with Crippen LogP contribution in [0.15, 0.2) is 61.7 Å². The summed E-state index contributed by atoms with van der Waals surface area (Å²) in [7, 11) is 0. The van der Waals surface area contributed by atoms with E-state index in [1.165, 1.54) is 51.5 Å². The van der Waals surface area contributed by atoms with Crippen molar-refractivity contribution in [1.29, 1.82) is 0 Å². The van der Waals surface area contributed by atoms with Gasteiger partial charge in [-0.15, -0.1) is 22.7 Å². The van der Waals surface area contributed by atoms with E-state index in [1.807, 2.05) is 34.8 Å². The van der Waals surface area contributed by atoms with Gasteiger partial charge in [-0.05, 0) is 45.8 Å². The smallest absolute Gasteiger partial charge is 0.0542 e. The SMILES string of the molecule is C=Cc1sc2c(sc3cc4cc5ccccc5cc4cc32)c1C=C. The molecule has 0 atom stereocenters. The Hall–Kier alpha value is -2.42. The van der Waals surface area contributed by atoms with Crippen LogP contribution in [0, 0.1) is 0 Å². The molecule has 114 valence electrons. The maximum absolute atomic E-state index is 3.99. The van der Waals surface area contributed by atoms with Gasteiger partial charge in [0.15, 0.2) is 0 Å². The molecule has 0 aliphatic rings. The number of rotatable bonds is 2. The number of fused-ring (bicyclic) bond motifs is 5. The van der Waals surface area contributed by atoms with Gasteiger partial charge in [0, 0.05) is 20.5 Å². The molecule has 24 heavy (non-hydrogen) atoms. The zero-order valence-corrected chi connectivity index (χ0v) is 14.6. The van der Waals surface area contributed by atoms with E-state index < -0.39 is 0 Å². The van der Waals surface area contributed by atoms with Crippen LogP contribution in [0.3, 0.4) is 0 Å². The summed E-state index contributed by atoms with van der Waals surface area (Å²) in [5, 5.41) is 6.54. The summed E-state index contributed by atoms with van der Waals surface area (Å²) in [5.41, 5.74) is 1.22. The largest absolute Gasteiger partial charge is 0.134 e. The summed E-state index contributed by atoms with van der Waals surface area (Å²) in [4.78, 5) is 1.21. The third-order valence-corrected chi connectivity index (χ3v) is 7.13. The van der Waals surface area contributed by atoms with Crippen molar-refractivity contribution >= 4 is 75.9 Å². The second kappa shape index (κ2) is 5.04. The highest BCUT2D eigenvalue weighted by Gasteiger charge is 2.14. The van der Waals surface area contributed by atoms with E-state index in [0.29, 0.717) is 0 Å². The Morgan fingerprint density at radius 1 is 0.708 bits per heavy atom. The molecular formula is C22H14S2. The molecule has 0 nitrogen and oxygen atoms in total. The molecule has 2 heterocycles. The first-order valence-electron chi connectivity index (χ1n) is 7.85. The van der Waals surface area contributed by atoms with Crippen LogP contribution in [0.25, 0.3) is 53.2 Å². The molecule has 0 radical (unpaired) electrons. The van der Waals surface area contributed by atoms with Gasteiger partial charge >= 0.3 is 0 Å². The first-order chi connectivity index (χ1) is 11.8. The lowest BCUT2D eigenvalue weighted by molar-refractivity contribution is 1.80. The molecule has 3 aromatic carbocycles. The minimum Gasteiger partial charge on any atom is -0.134 e. The van der Waals surface area contributed by atoms with Gasteiger partial charge in [-0.25, -0.2) is 0 Å². The van der Waals surface area contributed by atoms with Crippen LogP contribution in [0.1, 0.15) is 10.4 Å². The Kier molecular flexibility index (Phi) is 2.93. The van der Waals surface area contributed by atoms with E-state index in [-0.39, 0.29) is 0 Å². The van der Waals surface area contributed by atoms with Gasteiger partial charge in [0.25, 0.3) is 0 Å². The predicted octanol–water partition coefficient (Wildman–Crippen LogP) is 7.71. The molecule has 2 aromatic heterocycles. The van der Waals surface area contributed by atoms with Crippen molar-refractivity contribution in [3.05, 3.63) is 72.1 Å². The highest BCUT2D eigenvalue weighted by atomic mass is 32.1. The maximum Gasteiger partial charge on any atom is 0.0542 e. The average molecular weight is 342 g/mol. The molecule has 0 fully saturated rings. The molecule has 0 unspecified atom stereocenters. The fraction of sp³-hybridized carbons (Fsp3) is 0. The Morgan fingerprint density at radius 2 is 1.42 bits per heavy atom. The average Bonchev–Trinajstić information content (AvgIpc) is 3.12. The minimum absolute atomic E-state index is 1.21. The number of benzene rings is 3. The highest BCUT2D eigenvalue weighted by molar-refractivity contribution is 7.33. The zero-order valence-electron chi connectivity index (χ0n) is 13.0. The number of thiophene rings is 2. The third kappa shape index (κ3) is 1.84. The van der Waals surface area contributed by atoms with Crippen molar-refractivity contribution in [3.63, 3.8) is 0 Å². The number of hydrogen-bond acceptors (Lipinski definition) is 2. The molecule has 0 saturated heterocycles. The van der Waals surface area contributed by atoms with Gasteiger partial charge in [0.2, 0.25) is 0 Å². The topological polar surface area (TPSA) is 0 Å². The van der Waals surface area contributed by atoms with Crippen molar-refractivity contribution in [3.8, 4) is 0 Å². The van der Waals surface area contributed by atoms with E-state index in [2.05, 4.69) is 61.7 Å². The Labute approximate surface area is 148 Å². The van der Waals surface area contributed by atoms with Crippen LogP contribution in [0.4, 0.5) is 0 Å². The molecule has 0 aliphatic heterocycles. The molecule has 5 rings (SSSR count). The minimum atomic E-state index is 1.21. The Balaban J connectivity index is 1.93. The van der Waals surface area contributed by atoms with E-state index in [0.717, 1.165) is 0 Å². The summed E-state index contributed by atoms with van der Waals surface area (Å²) >= 11 is 3.68. The third-order valence-electron chi connectivity index (χ3n) is 4.58. The monoisotopic (exact) mass is 342 g/mol. The van der Waals surface area contributed by atoms with Crippen molar-refractivity contribution in [2.24, 2.45) is 0 Å². The molecule has 0 saturated carbocycles. The van der Waals surface area contributed by atoms with Crippen LogP contribution in [-0.2, 0) is 0 Å². The molecule has 0 N–H and O–H groups in total. The quantitative estimate of drug-likeness (QED) is 0.288. The summed E-state index contributed by atoms with van der Waals surface area (Å²) in [5.74, 6) is 0. The molecule has 0 spiro atoms. The van der Waals surface area contributed by atoms with Crippen LogP contribution in [-0.4, -0.2) is 0 Å². The van der Waals surface area contributed by atoms with E-state index >= 15 is 0 Å². The second-order valence-electron chi connectivity index (χ2n) is 5.94. The second-order valence-corrected chi connectivity index (χ2v) is 8.05. The van der Waals surface area contributed by atoms with Gasteiger partial charge in [-0.2, -0.15) is 0 Å². The molecule has 5 aromatic rings. The summed E-state index contributed by atoms with van der Waals surface area (Å²) in [6.45, 7) is 7.94. The lowest BCUT2D eigenvalue weighted by atomic mass is 10.0. The van der Waals surface area contributed by atoms with Crippen LogP contribution in [0.5, 0.6) is 0 Å². The predicted molar refractivity (Wildman–Crippen MR) is 112 cm³/mol. The van der Waals surface area contributed by atoms with Crippen molar-refractivity contribution < 1.29 is 0 Å². The van der Waals surface area contributed by atoms with Gasteiger partial charge in [-0.1, -0.05) is 49.6 Å². The van der Waals surface area contributed by atoms with Gasteiger partial charge in [0.05, 0.1) is 9.40 Å². The Morgan fingerprint density at radius 3 is 2.08 bits per heavy atom. The fourth-order valence-electron chi connectivity index (χ4n) is 3.41. The lowest BCUT2D eigenvalue weighted by Crippen LogP contribution is -1.76. The number of hydrogen-bond donors (Lipinski definition) is 0. The van der Waals surface area contributed by atoms with E-state index in [4.69, 9.17) is 0 Å². The van der Waals surface area contributed by atoms with Crippen molar-refractivity contribution in [2.45, 2.75) is 0 Å². The first kappa shape index (κ1) is 14.0. The Bertz CT molecular complexity index is 1280. The van der Waals surface area contributed by atoms with E-state index in [9.17, 15) is 0 Å². The summed E-state index contributed by atoms with van der Waals surface area (Å²) < 4.78 is 4.03. The lowest BCUT2D eigenvalue weighted by Gasteiger charge is -2.03. The zero-order chi connectivity index (χ0) is 16.3. The molecular weight excluding hydrogens is 328 g/mol. The van der Waals surface area contributed by atoms with Gasteiger partial charge in [-0.3, -0.25) is 0 Å². The van der Waals surface area contributed by atoms with Gasteiger partial charge in [0.1, 0.15) is 0 Å². The maximum atomic E-state index is 3.99. The summed E-state index contributed by atoms with van der Waals surface area (Å²) in [6.07, 6.45) is 3.90.